The van der Waals surface area contributed by atoms with Crippen LogP contribution >= 0.6 is 11.3 Å². The summed E-state index contributed by atoms with van der Waals surface area (Å²) in [4.78, 5) is 1.24. The van der Waals surface area contributed by atoms with Crippen LogP contribution in [-0.4, -0.2) is 0 Å². The average Bonchev–Trinajstić information content (AvgIpc) is 3.06. The molecule has 0 aliphatic heterocycles. The first kappa shape index (κ1) is 12.5. The summed E-state index contributed by atoms with van der Waals surface area (Å²) in [6.45, 7) is 0. The molecule has 0 N–H and O–H groups in total. The van der Waals surface area contributed by atoms with Crippen LogP contribution < -0.4 is 0 Å². The Balaban J connectivity index is 1.40. The first-order chi connectivity index (χ1) is 10.3. The number of thiophene rings is 1. The maximum absolute atomic E-state index is 6.12. The Hall–Kier alpha value is -1.02. The maximum atomic E-state index is 6.12. The van der Waals surface area contributed by atoms with Crippen LogP contribution in [0.3, 0.4) is 0 Å². The molecule has 109 valence electrons. The quantitative estimate of drug-likeness (QED) is 0.700. The summed E-state index contributed by atoms with van der Waals surface area (Å²) in [5.41, 5.74) is 0.458. The van der Waals surface area contributed by atoms with E-state index in [9.17, 15) is 0 Å². The van der Waals surface area contributed by atoms with Crippen LogP contribution in [-0.2, 0) is 0 Å². The van der Waals surface area contributed by atoms with Crippen molar-refractivity contribution in [1.29, 1.82) is 0 Å². The van der Waals surface area contributed by atoms with E-state index in [1.807, 2.05) is 0 Å². The Morgan fingerprint density at radius 1 is 1.00 bits per heavy atom. The molecule has 2 aromatic rings. The Morgan fingerprint density at radius 3 is 2.33 bits per heavy atom. The molecule has 0 spiro atoms. The van der Waals surface area contributed by atoms with Crippen LogP contribution in [0.2, 0.25) is 0 Å². The van der Waals surface area contributed by atoms with Gasteiger partial charge in [-0.25, -0.2) is 0 Å². The van der Waals surface area contributed by atoms with E-state index in [0.717, 1.165) is 29.3 Å². The van der Waals surface area contributed by atoms with Crippen molar-refractivity contribution in [2.75, 3.05) is 0 Å². The van der Waals surface area contributed by atoms with Crippen LogP contribution in [0.25, 0.3) is 10.6 Å². The fourth-order valence-corrected chi connectivity index (χ4v) is 6.32. The molecule has 2 aromatic heterocycles. The van der Waals surface area contributed by atoms with Crippen LogP contribution in [0.1, 0.15) is 44.3 Å². The highest BCUT2D eigenvalue weighted by Gasteiger charge is 2.51. The summed E-state index contributed by atoms with van der Waals surface area (Å²) in [6.07, 6.45) is 11.2. The molecule has 4 aliphatic rings. The molecule has 21 heavy (non-hydrogen) atoms. The molecular weight excluding hydrogens is 276 g/mol. The molecule has 0 atom stereocenters. The van der Waals surface area contributed by atoms with Gasteiger partial charge in [-0.15, -0.1) is 11.3 Å². The molecule has 0 aromatic carbocycles. The van der Waals surface area contributed by atoms with Gasteiger partial charge >= 0.3 is 0 Å². The van der Waals surface area contributed by atoms with Crippen molar-refractivity contribution in [1.82, 2.24) is 0 Å². The van der Waals surface area contributed by atoms with E-state index in [1.54, 1.807) is 11.3 Å². The highest BCUT2D eigenvalue weighted by atomic mass is 32.1. The van der Waals surface area contributed by atoms with Gasteiger partial charge in [0.25, 0.3) is 0 Å². The van der Waals surface area contributed by atoms with Gasteiger partial charge in [0, 0.05) is 6.42 Å². The van der Waals surface area contributed by atoms with Gasteiger partial charge in [-0.3, -0.25) is 0 Å². The molecule has 0 saturated heterocycles. The van der Waals surface area contributed by atoms with Crippen LogP contribution in [0, 0.1) is 29.6 Å². The van der Waals surface area contributed by atoms with Crippen LogP contribution in [0.5, 0.6) is 0 Å². The molecule has 4 bridgehead atoms. The van der Waals surface area contributed by atoms with Gasteiger partial charge in [0.2, 0.25) is 0 Å². The summed E-state index contributed by atoms with van der Waals surface area (Å²) in [7, 11) is 0. The fourth-order valence-electron chi connectivity index (χ4n) is 5.64. The van der Waals surface area contributed by atoms with Gasteiger partial charge in [0.15, 0.2) is 0 Å². The molecular formula is C19H21OS. The molecule has 4 aliphatic carbocycles. The minimum absolute atomic E-state index is 0.458. The highest BCUT2D eigenvalue weighted by molar-refractivity contribution is 7.13. The largest absolute Gasteiger partial charge is 0.460 e. The van der Waals surface area contributed by atoms with Crippen molar-refractivity contribution in [3.63, 3.8) is 0 Å². The summed E-state index contributed by atoms with van der Waals surface area (Å²) < 4.78 is 6.12. The van der Waals surface area contributed by atoms with Crippen LogP contribution in [0.15, 0.2) is 34.1 Å². The smallest absolute Gasteiger partial charge is 0.144 e. The molecule has 2 heterocycles. The predicted molar refractivity (Wildman–Crippen MR) is 86.0 cm³/mol. The summed E-state index contributed by atoms with van der Waals surface area (Å²) in [5.74, 6) is 5.12. The summed E-state index contributed by atoms with van der Waals surface area (Å²) >= 11 is 1.75. The molecule has 2 heteroatoms. The van der Waals surface area contributed by atoms with Crippen molar-refractivity contribution in [2.45, 2.75) is 38.5 Å². The van der Waals surface area contributed by atoms with Gasteiger partial charge < -0.3 is 4.42 Å². The van der Waals surface area contributed by atoms with E-state index in [0.29, 0.717) is 5.41 Å². The van der Waals surface area contributed by atoms with E-state index in [2.05, 4.69) is 36.1 Å². The van der Waals surface area contributed by atoms with Crippen molar-refractivity contribution < 1.29 is 4.42 Å². The number of rotatable bonds is 3. The van der Waals surface area contributed by atoms with Gasteiger partial charge in [0.1, 0.15) is 11.5 Å². The molecule has 1 radical (unpaired) electrons. The third kappa shape index (κ3) is 2.11. The predicted octanol–water partition coefficient (Wildman–Crippen LogP) is 5.78. The molecule has 0 amide bonds. The minimum Gasteiger partial charge on any atom is -0.460 e. The lowest BCUT2D eigenvalue weighted by Gasteiger charge is -2.56. The Labute approximate surface area is 130 Å². The lowest BCUT2D eigenvalue weighted by molar-refractivity contribution is -0.0323. The molecule has 4 fully saturated rings. The van der Waals surface area contributed by atoms with E-state index in [1.165, 1.54) is 43.4 Å². The summed E-state index contributed by atoms with van der Waals surface area (Å²) in [5, 5.41) is 2.11. The zero-order chi connectivity index (χ0) is 13.9. The monoisotopic (exact) mass is 297 g/mol. The number of hydrogen-bond donors (Lipinski definition) is 0. The Kier molecular flexibility index (Phi) is 2.67. The topological polar surface area (TPSA) is 13.1 Å². The van der Waals surface area contributed by atoms with E-state index >= 15 is 0 Å². The van der Waals surface area contributed by atoms with Crippen molar-refractivity contribution in [3.05, 3.63) is 41.8 Å². The van der Waals surface area contributed by atoms with Gasteiger partial charge in [0.05, 0.1) is 4.88 Å². The second kappa shape index (κ2) is 4.49. The Morgan fingerprint density at radius 2 is 1.71 bits per heavy atom. The van der Waals surface area contributed by atoms with Crippen molar-refractivity contribution in [2.24, 2.45) is 23.2 Å². The minimum atomic E-state index is 0.458. The second-order valence-electron chi connectivity index (χ2n) is 7.60. The lowest BCUT2D eigenvalue weighted by Crippen LogP contribution is -2.46. The van der Waals surface area contributed by atoms with Gasteiger partial charge in [-0.2, -0.15) is 0 Å². The number of furan rings is 1. The van der Waals surface area contributed by atoms with Gasteiger partial charge in [-0.05, 0) is 85.3 Å². The molecule has 6 rings (SSSR count). The third-order valence-corrected chi connectivity index (χ3v) is 6.81. The van der Waals surface area contributed by atoms with E-state index < -0.39 is 0 Å². The molecule has 1 nitrogen and oxygen atoms in total. The standard InChI is InChI=1S/C19H21OS/c1-2-18(21-5-1)17-4-3-16(20-17)12-19-9-13-6-14(10-19)8-15(7-13)11-19/h1-5,12-15H,6-11H2. The van der Waals surface area contributed by atoms with E-state index in [-0.39, 0.29) is 0 Å². The lowest BCUT2D eigenvalue weighted by atomic mass is 9.49. The molecule has 0 unspecified atom stereocenters. The molecule has 4 saturated carbocycles. The Bertz CT molecular complexity index is 601. The van der Waals surface area contributed by atoms with Gasteiger partial charge in [-0.1, -0.05) is 6.07 Å². The van der Waals surface area contributed by atoms with Crippen molar-refractivity contribution >= 4 is 11.3 Å². The first-order valence-electron chi connectivity index (χ1n) is 8.28. The average molecular weight is 297 g/mol. The highest BCUT2D eigenvalue weighted by Crippen LogP contribution is 2.61. The third-order valence-electron chi connectivity index (χ3n) is 5.92. The van der Waals surface area contributed by atoms with Crippen molar-refractivity contribution in [3.8, 4) is 10.6 Å². The fraction of sp³-hybridized carbons (Fsp3) is 0.526. The second-order valence-corrected chi connectivity index (χ2v) is 8.55. The normalized spacial score (nSPS) is 37.2. The zero-order valence-corrected chi connectivity index (χ0v) is 13.1. The zero-order valence-electron chi connectivity index (χ0n) is 12.3. The van der Waals surface area contributed by atoms with E-state index in [4.69, 9.17) is 4.42 Å². The maximum Gasteiger partial charge on any atom is 0.144 e. The first-order valence-corrected chi connectivity index (χ1v) is 9.16. The van der Waals surface area contributed by atoms with Crippen LogP contribution in [0.4, 0.5) is 0 Å². The SMILES string of the molecule is [CH](c1ccc(-c2cccs2)o1)C12CC3CC(CC(C3)C1)C2. The number of hydrogen-bond acceptors (Lipinski definition) is 2. The summed E-state index contributed by atoms with van der Waals surface area (Å²) in [6, 6.07) is 8.54.